The molecule has 1 aromatic carbocycles. The second kappa shape index (κ2) is 29.5. The van der Waals surface area contributed by atoms with E-state index >= 15 is 0 Å². The summed E-state index contributed by atoms with van der Waals surface area (Å²) < 4.78 is 4.72. The number of hydrogen-bond donors (Lipinski definition) is 11. The number of rotatable bonds is 30. The number of aliphatic hydroxyl groups excluding tert-OH is 1. The lowest BCUT2D eigenvalue weighted by atomic mass is 10.0. The molecule has 0 bridgehead atoms. The van der Waals surface area contributed by atoms with Crippen LogP contribution < -0.4 is 48.7 Å². The van der Waals surface area contributed by atoms with E-state index in [2.05, 4.69) is 37.2 Å². The molecule has 1 unspecified atom stereocenters. The van der Waals surface area contributed by atoms with E-state index in [9.17, 15) is 53.1 Å². The van der Waals surface area contributed by atoms with Crippen LogP contribution in [0.25, 0.3) is 0 Å². The third-order valence-corrected chi connectivity index (χ3v) is 11.2. The van der Waals surface area contributed by atoms with Crippen molar-refractivity contribution in [1.82, 2.24) is 42.1 Å². The third kappa shape index (κ3) is 18.8. The van der Waals surface area contributed by atoms with Crippen molar-refractivity contribution in [3.63, 3.8) is 0 Å². The molecule has 1 saturated heterocycles. The highest BCUT2D eigenvalue weighted by Gasteiger charge is 2.40. The van der Waals surface area contributed by atoms with E-state index in [4.69, 9.17) is 21.3 Å². The van der Waals surface area contributed by atoms with E-state index in [-0.39, 0.29) is 51.2 Å². The normalized spacial score (nSPS) is 16.9. The smallest absolute Gasteiger partial charge is 0.303 e. The maximum Gasteiger partial charge on any atom is 0.303 e. The monoisotopic (exact) mass is 961 g/mol. The van der Waals surface area contributed by atoms with Gasteiger partial charge in [-0.3, -0.25) is 47.9 Å². The summed E-state index contributed by atoms with van der Waals surface area (Å²) in [6, 6.07) is -0.579. The van der Waals surface area contributed by atoms with Gasteiger partial charge in [0.15, 0.2) is 6.23 Å². The fourth-order valence-corrected chi connectivity index (χ4v) is 7.27. The topological polar surface area (TPSA) is 360 Å². The first-order valence-corrected chi connectivity index (χ1v) is 23.0. The summed E-state index contributed by atoms with van der Waals surface area (Å²) in [4.78, 5) is 132. The number of nitrogens with two attached hydrogens (primary N) is 2. The summed E-state index contributed by atoms with van der Waals surface area (Å²) in [6.07, 6.45) is -0.483. The zero-order valence-electron chi connectivity index (χ0n) is 39.8. The van der Waals surface area contributed by atoms with Gasteiger partial charge in [-0.05, 0) is 69.4 Å². The summed E-state index contributed by atoms with van der Waals surface area (Å²) in [5.74, 6) is -7.88. The van der Waals surface area contributed by atoms with E-state index < -0.39 is 127 Å². The number of nitrogens with zero attached hydrogens (tertiary/aromatic N) is 1. The number of carbonyl (C=O) groups excluding carboxylic acids is 9. The molecule has 0 aliphatic carbocycles. The van der Waals surface area contributed by atoms with E-state index in [1.54, 1.807) is 65.0 Å². The Morgan fingerprint density at radius 3 is 1.87 bits per heavy atom. The van der Waals surface area contributed by atoms with Crippen LogP contribution in [-0.2, 0) is 59.1 Å². The molecule has 23 nitrogen and oxygen atoms in total. The molecule has 8 amide bonds. The Kier molecular flexibility index (Phi) is 25.2. The van der Waals surface area contributed by atoms with Gasteiger partial charge < -0.3 is 68.5 Å². The quantitative estimate of drug-likeness (QED) is 0.0222. The van der Waals surface area contributed by atoms with Crippen LogP contribution in [-0.4, -0.2) is 149 Å². The molecule has 1 aliphatic rings. The van der Waals surface area contributed by atoms with Gasteiger partial charge in [0.25, 0.3) is 6.47 Å². The largest absolute Gasteiger partial charge is 0.481 e. The number of benzene rings is 1. The molecule has 0 saturated carbocycles. The number of aliphatic hydroxyl groups is 1. The first-order chi connectivity index (χ1) is 32.2. The van der Waals surface area contributed by atoms with Gasteiger partial charge in [-0.25, -0.2) is 0 Å². The average molecular weight is 961 g/mol. The fourth-order valence-electron chi connectivity index (χ4n) is 7.27. The molecule has 0 spiro atoms. The Morgan fingerprint density at radius 2 is 1.31 bits per heavy atom. The summed E-state index contributed by atoms with van der Waals surface area (Å²) in [6.45, 7) is 9.49. The molecule has 0 radical (unpaired) electrons. The van der Waals surface area contributed by atoms with Crippen molar-refractivity contribution >= 4 is 59.7 Å². The number of likely N-dealkylation sites (tertiary alicyclic amines) is 1. The number of carbonyl (C=O) groups is 10. The number of amides is 8. The second-order valence-corrected chi connectivity index (χ2v) is 17.4. The van der Waals surface area contributed by atoms with Crippen molar-refractivity contribution in [1.29, 1.82) is 0 Å². The predicted octanol–water partition coefficient (Wildman–Crippen LogP) is -2.20. The second-order valence-electron chi connectivity index (χ2n) is 17.4. The van der Waals surface area contributed by atoms with E-state index in [0.717, 1.165) is 0 Å². The van der Waals surface area contributed by atoms with Gasteiger partial charge >= 0.3 is 5.97 Å². The highest BCUT2D eigenvalue weighted by Crippen LogP contribution is 2.21. The van der Waals surface area contributed by atoms with Crippen molar-refractivity contribution in [2.24, 2.45) is 23.3 Å². The number of nitrogens with one attached hydrogen (secondary N) is 7. The van der Waals surface area contributed by atoms with Gasteiger partial charge in [-0.1, -0.05) is 65.0 Å². The van der Waals surface area contributed by atoms with Crippen LogP contribution in [0, 0.1) is 11.8 Å². The molecule has 1 aromatic rings. The summed E-state index contributed by atoms with van der Waals surface area (Å²) in [5.41, 5.74) is 12.1. The zero-order chi connectivity index (χ0) is 51.1. The Balaban J connectivity index is 2.28. The zero-order valence-corrected chi connectivity index (χ0v) is 39.8. The SMILES string of the molecule is CCC(NC(=O)[C@H](Cc1ccccc1)NC(=O)[C@@H]1CCCN1C(=O)[C@@H](NC(=O)[C@H](C)N)C(C)C)C(=O)N[C@H](C(=O)N[C@@H](CCCCN)C(=O)N[C@@H](CO)C(=O)N[C@@H](CCC(=O)O)OC=O)C(C)C. The minimum Gasteiger partial charge on any atom is -0.481 e. The molecular formula is C45H72N10O13. The van der Waals surface area contributed by atoms with Crippen molar-refractivity contribution in [2.75, 3.05) is 19.7 Å². The summed E-state index contributed by atoms with van der Waals surface area (Å²) in [5, 5.41) is 37.0. The maximum absolute atomic E-state index is 14.1. The molecule has 1 fully saturated rings. The number of aliphatic carboxylic acids is 1. The number of hydrogen-bond acceptors (Lipinski definition) is 14. The van der Waals surface area contributed by atoms with Crippen LogP contribution in [0.2, 0.25) is 0 Å². The molecule has 13 N–H and O–H groups in total. The standard InChI is InChI=1S/C45H72N10O13/c1-7-29(48-41(63)31(22-28-14-9-8-10-15-28)50-43(65)33-17-13-21-55(33)45(67)37(26(4)5)54-38(60)27(6)47)39(61)53-36(25(2)3)44(66)49-30(16-11-12-20-46)40(62)51-32(23-56)42(64)52-34(68-24-57)18-19-35(58)59/h8-10,14-15,24-27,29-34,36-37,56H,7,11-13,16-23,46-47H2,1-6H3,(H,48,63)(H,49,66)(H,50,65)(H,51,62)(H,52,64)(H,53,61)(H,54,60)(H,58,59)/t27-,29?,30-,31-,32-,33-,34+,36-,37-/m0/s1. The summed E-state index contributed by atoms with van der Waals surface area (Å²) in [7, 11) is 0. The first-order valence-electron chi connectivity index (χ1n) is 23.0. The highest BCUT2D eigenvalue weighted by atomic mass is 16.5. The van der Waals surface area contributed by atoms with E-state index in [0.29, 0.717) is 31.2 Å². The summed E-state index contributed by atoms with van der Waals surface area (Å²) >= 11 is 0. The van der Waals surface area contributed by atoms with Crippen LogP contribution in [0.15, 0.2) is 30.3 Å². The van der Waals surface area contributed by atoms with Gasteiger partial charge in [-0.2, -0.15) is 0 Å². The maximum atomic E-state index is 14.1. The Hall–Kier alpha value is -6.20. The predicted molar refractivity (Wildman–Crippen MR) is 246 cm³/mol. The van der Waals surface area contributed by atoms with Crippen molar-refractivity contribution in [3.8, 4) is 0 Å². The molecule has 1 aliphatic heterocycles. The lowest BCUT2D eigenvalue weighted by Crippen LogP contribution is -2.61. The molecular weight excluding hydrogens is 889 g/mol. The van der Waals surface area contributed by atoms with Gasteiger partial charge in [0.1, 0.15) is 42.3 Å². The lowest BCUT2D eigenvalue weighted by Gasteiger charge is -2.32. The van der Waals surface area contributed by atoms with Crippen molar-refractivity contribution in [2.45, 2.75) is 154 Å². The average Bonchev–Trinajstić information content (AvgIpc) is 3.79. The van der Waals surface area contributed by atoms with Gasteiger partial charge in [0.05, 0.1) is 19.1 Å². The molecule has 2 rings (SSSR count). The van der Waals surface area contributed by atoms with Crippen molar-refractivity contribution < 1.29 is 62.9 Å². The number of ether oxygens (including phenoxy) is 1. The van der Waals surface area contributed by atoms with Gasteiger partial charge in [-0.15, -0.1) is 0 Å². The number of carboxylic acids is 1. The van der Waals surface area contributed by atoms with Crippen LogP contribution >= 0.6 is 0 Å². The Bertz CT molecular complexity index is 1870. The molecule has 68 heavy (non-hydrogen) atoms. The van der Waals surface area contributed by atoms with E-state index in [1.165, 1.54) is 11.8 Å². The molecule has 9 atom stereocenters. The third-order valence-electron chi connectivity index (χ3n) is 11.2. The molecule has 1 heterocycles. The van der Waals surface area contributed by atoms with Crippen molar-refractivity contribution in [3.05, 3.63) is 35.9 Å². The van der Waals surface area contributed by atoms with Crippen LogP contribution in [0.3, 0.4) is 0 Å². The highest BCUT2D eigenvalue weighted by molar-refractivity contribution is 5.98. The Morgan fingerprint density at radius 1 is 0.735 bits per heavy atom. The minimum atomic E-state index is -1.61. The Labute approximate surface area is 396 Å². The number of carboxylic acid groups (broad SMARTS) is 1. The molecule has 23 heteroatoms. The molecule has 380 valence electrons. The van der Waals surface area contributed by atoms with Gasteiger partial charge in [0.2, 0.25) is 47.3 Å². The lowest BCUT2D eigenvalue weighted by molar-refractivity contribution is -0.144. The number of unbranched alkanes of at least 4 members (excludes halogenated alkanes) is 1. The van der Waals surface area contributed by atoms with Crippen LogP contribution in [0.4, 0.5) is 0 Å². The first kappa shape index (κ1) is 57.9. The van der Waals surface area contributed by atoms with E-state index in [1.807, 2.05) is 0 Å². The van der Waals surface area contributed by atoms with Crippen LogP contribution in [0.5, 0.6) is 0 Å². The fraction of sp³-hybridized carbons (Fsp3) is 0.644. The minimum absolute atomic E-state index is 0.00120. The van der Waals surface area contributed by atoms with Gasteiger partial charge in [0, 0.05) is 19.4 Å². The molecule has 0 aromatic heterocycles. The van der Waals surface area contributed by atoms with Crippen LogP contribution in [0.1, 0.15) is 98.5 Å².